The smallest absolute Gasteiger partial charge is 0.369 e. The lowest BCUT2D eigenvalue weighted by atomic mass is 9.98. The lowest BCUT2D eigenvalue weighted by Gasteiger charge is -2.29. The molecule has 1 fully saturated rings. The molecular weight excluding hydrogens is 617 g/mol. The van der Waals surface area contributed by atoms with Crippen molar-refractivity contribution in [3.05, 3.63) is 118 Å². The minimum Gasteiger partial charge on any atom is -0.369 e. The maximum Gasteiger partial charge on any atom is 0.416 e. The van der Waals surface area contributed by atoms with Crippen LogP contribution in [0.1, 0.15) is 16.7 Å². The molecule has 0 spiro atoms. The van der Waals surface area contributed by atoms with Crippen molar-refractivity contribution in [1.29, 1.82) is 0 Å². The van der Waals surface area contributed by atoms with Crippen LogP contribution in [-0.2, 0) is 19.8 Å². The Kier molecular flexibility index (Phi) is 8.17. The molecule has 1 saturated heterocycles. The maximum atomic E-state index is 14.3. The number of piperazine rings is 1. The largest absolute Gasteiger partial charge is 0.416 e. The third-order valence-electron chi connectivity index (χ3n) is 8.68. The minimum atomic E-state index is -4.59. The minimum absolute atomic E-state index is 0.0379. The average Bonchev–Trinajstić information content (AvgIpc) is 3.52. The fourth-order valence-electron chi connectivity index (χ4n) is 6.22. The van der Waals surface area contributed by atoms with Gasteiger partial charge in [-0.3, -0.25) is 9.36 Å². The molecule has 0 atom stereocenters. The Morgan fingerprint density at radius 1 is 0.938 bits per heavy atom. The number of aromatic nitrogens is 5. The van der Waals surface area contributed by atoms with Gasteiger partial charge in [0.1, 0.15) is 11.5 Å². The highest BCUT2D eigenvalue weighted by Crippen LogP contribution is 2.33. The van der Waals surface area contributed by atoms with Gasteiger partial charge in [-0.25, -0.2) is 9.97 Å². The van der Waals surface area contributed by atoms with Crippen LogP contribution in [0.2, 0.25) is 0 Å². The summed E-state index contributed by atoms with van der Waals surface area (Å²) in [6.07, 6.45) is 0.562. The van der Waals surface area contributed by atoms with Gasteiger partial charge in [0.25, 0.3) is 5.56 Å². The third kappa shape index (κ3) is 6.14. The zero-order chi connectivity index (χ0) is 33.4. The highest BCUT2D eigenvalue weighted by atomic mass is 19.4. The molecule has 4 heterocycles. The van der Waals surface area contributed by atoms with E-state index in [9.17, 15) is 18.0 Å². The molecule has 3 aromatic heterocycles. The second kappa shape index (κ2) is 12.6. The van der Waals surface area contributed by atoms with E-state index in [1.807, 2.05) is 67.2 Å². The third-order valence-corrected chi connectivity index (χ3v) is 8.68. The SMILES string of the molecule is Cc1cc(-c2nccn2C)ccc1-c1cc2cnc(Nc3ccc(N4CCNCC4)cc3)nc2n(Cc2ccccc2C(F)(F)F)c1=O. The number of nitrogens with one attached hydrogen (secondary N) is 2. The first-order valence-corrected chi connectivity index (χ1v) is 15.6. The van der Waals surface area contributed by atoms with Gasteiger partial charge >= 0.3 is 6.18 Å². The van der Waals surface area contributed by atoms with E-state index < -0.39 is 17.3 Å². The highest BCUT2D eigenvalue weighted by molar-refractivity contribution is 5.83. The summed E-state index contributed by atoms with van der Waals surface area (Å²) in [6, 6.07) is 20.6. The summed E-state index contributed by atoms with van der Waals surface area (Å²) in [7, 11) is 1.90. The van der Waals surface area contributed by atoms with Crippen molar-refractivity contribution in [3.8, 4) is 22.5 Å². The number of alkyl halides is 3. The van der Waals surface area contributed by atoms with Crippen LogP contribution in [0.5, 0.6) is 0 Å². The van der Waals surface area contributed by atoms with Gasteiger partial charge < -0.3 is 20.1 Å². The molecule has 48 heavy (non-hydrogen) atoms. The van der Waals surface area contributed by atoms with Crippen molar-refractivity contribution >= 4 is 28.4 Å². The lowest BCUT2D eigenvalue weighted by molar-refractivity contribution is -0.138. The Bertz CT molecular complexity index is 2170. The van der Waals surface area contributed by atoms with E-state index in [0.717, 1.165) is 60.6 Å². The quantitative estimate of drug-likeness (QED) is 0.207. The van der Waals surface area contributed by atoms with Gasteiger partial charge in [-0.15, -0.1) is 0 Å². The van der Waals surface area contributed by atoms with Crippen LogP contribution in [0.15, 0.2) is 96.2 Å². The second-order valence-electron chi connectivity index (χ2n) is 11.9. The van der Waals surface area contributed by atoms with Crippen molar-refractivity contribution in [2.24, 2.45) is 7.05 Å². The van der Waals surface area contributed by atoms with Crippen molar-refractivity contribution < 1.29 is 13.2 Å². The molecule has 0 bridgehead atoms. The summed E-state index contributed by atoms with van der Waals surface area (Å²) in [6.45, 7) is 5.26. The summed E-state index contributed by atoms with van der Waals surface area (Å²) < 4.78 is 45.4. The lowest BCUT2D eigenvalue weighted by Crippen LogP contribution is -2.43. The maximum absolute atomic E-state index is 14.3. The number of imidazole rings is 1. The molecule has 0 unspecified atom stereocenters. The van der Waals surface area contributed by atoms with Crippen LogP contribution in [0.25, 0.3) is 33.5 Å². The van der Waals surface area contributed by atoms with Gasteiger partial charge in [0.05, 0.1) is 12.1 Å². The molecule has 2 N–H and O–H groups in total. The van der Waals surface area contributed by atoms with Crippen molar-refractivity contribution in [1.82, 2.24) is 29.4 Å². The molecule has 1 aliphatic heterocycles. The van der Waals surface area contributed by atoms with Crippen LogP contribution in [0.4, 0.5) is 30.5 Å². The predicted octanol–water partition coefficient (Wildman–Crippen LogP) is 6.39. The normalized spacial score (nSPS) is 13.6. The van der Waals surface area contributed by atoms with Gasteiger partial charge in [0.2, 0.25) is 5.95 Å². The standard InChI is InChI=1S/C36H33F3N8O/c1-23-19-24(32-41-15-16-45(32)2)7-12-29(23)30-20-26-21-42-35(43-27-8-10-28(11-9-27)46-17-13-40-14-18-46)44-33(26)47(34(30)48)22-25-5-3-4-6-31(25)36(37,38)39/h3-12,15-16,19-21,40H,13-14,17-18,22H2,1-2H3,(H,42,43,44). The van der Waals surface area contributed by atoms with E-state index in [1.54, 1.807) is 18.5 Å². The summed E-state index contributed by atoms with van der Waals surface area (Å²) in [5, 5.41) is 7.06. The van der Waals surface area contributed by atoms with E-state index >= 15 is 0 Å². The molecule has 0 aliphatic carbocycles. The second-order valence-corrected chi connectivity index (χ2v) is 11.9. The first-order valence-electron chi connectivity index (χ1n) is 15.6. The number of hydrogen-bond acceptors (Lipinski definition) is 7. The van der Waals surface area contributed by atoms with Crippen LogP contribution < -0.4 is 21.1 Å². The zero-order valence-electron chi connectivity index (χ0n) is 26.4. The molecule has 9 nitrogen and oxygen atoms in total. The Balaban J connectivity index is 1.31. The predicted molar refractivity (Wildman–Crippen MR) is 182 cm³/mol. The Hall–Kier alpha value is -5.49. The molecule has 12 heteroatoms. The topological polar surface area (TPSA) is 92.9 Å². The van der Waals surface area contributed by atoms with E-state index in [2.05, 4.69) is 30.5 Å². The zero-order valence-corrected chi connectivity index (χ0v) is 26.4. The average molecular weight is 651 g/mol. The summed E-state index contributed by atoms with van der Waals surface area (Å²) in [4.78, 5) is 30.2. The van der Waals surface area contributed by atoms with Crippen molar-refractivity contribution in [2.45, 2.75) is 19.6 Å². The Morgan fingerprint density at radius 3 is 2.42 bits per heavy atom. The summed E-state index contributed by atoms with van der Waals surface area (Å²) in [5.41, 5.74) is 3.45. The molecular formula is C36H33F3N8O. The van der Waals surface area contributed by atoms with Crippen LogP contribution in [-0.4, -0.2) is 50.3 Å². The fraction of sp³-hybridized carbons (Fsp3) is 0.222. The molecule has 7 rings (SSSR count). The van der Waals surface area contributed by atoms with Gasteiger partial charge in [0, 0.05) is 79.7 Å². The van der Waals surface area contributed by atoms with Gasteiger partial charge in [-0.1, -0.05) is 30.3 Å². The van der Waals surface area contributed by atoms with Gasteiger partial charge in [-0.2, -0.15) is 18.2 Å². The molecule has 0 radical (unpaired) electrons. The number of pyridine rings is 1. The molecule has 3 aromatic carbocycles. The number of fused-ring (bicyclic) bond motifs is 1. The first kappa shape index (κ1) is 31.1. The monoisotopic (exact) mass is 650 g/mol. The highest BCUT2D eigenvalue weighted by Gasteiger charge is 2.33. The summed E-state index contributed by atoms with van der Waals surface area (Å²) >= 11 is 0. The number of rotatable bonds is 7. The van der Waals surface area contributed by atoms with E-state index in [-0.39, 0.29) is 23.7 Å². The van der Waals surface area contributed by atoms with Crippen LogP contribution in [0.3, 0.4) is 0 Å². The van der Waals surface area contributed by atoms with Crippen LogP contribution >= 0.6 is 0 Å². The van der Waals surface area contributed by atoms with E-state index in [4.69, 9.17) is 0 Å². The number of benzene rings is 3. The van der Waals surface area contributed by atoms with Crippen LogP contribution in [0, 0.1) is 6.92 Å². The molecule has 244 valence electrons. The summed E-state index contributed by atoms with van der Waals surface area (Å²) in [5.74, 6) is 0.995. The molecule has 0 amide bonds. The molecule has 0 saturated carbocycles. The fourth-order valence-corrected chi connectivity index (χ4v) is 6.22. The molecule has 6 aromatic rings. The Labute approximate surface area is 274 Å². The van der Waals surface area contributed by atoms with Gasteiger partial charge in [-0.05, 0) is 66.1 Å². The number of hydrogen-bond donors (Lipinski definition) is 2. The van der Waals surface area contributed by atoms with E-state index in [1.165, 1.54) is 22.8 Å². The first-order chi connectivity index (χ1) is 23.2. The Morgan fingerprint density at radius 2 is 1.71 bits per heavy atom. The molecule has 1 aliphatic rings. The number of nitrogens with zero attached hydrogens (tertiary/aromatic N) is 6. The number of aryl methyl sites for hydroxylation is 2. The van der Waals surface area contributed by atoms with Crippen molar-refractivity contribution in [3.63, 3.8) is 0 Å². The van der Waals surface area contributed by atoms with Gasteiger partial charge in [0.15, 0.2) is 0 Å². The van der Waals surface area contributed by atoms with Crippen molar-refractivity contribution in [2.75, 3.05) is 36.4 Å². The van der Waals surface area contributed by atoms with E-state index in [0.29, 0.717) is 16.5 Å². The number of anilines is 3. The number of halogens is 3.